The summed E-state index contributed by atoms with van der Waals surface area (Å²) in [5, 5.41) is 3.11. The Bertz CT molecular complexity index is 414. The number of carbonyl (C=O) groups excluding carboxylic acids is 1. The van der Waals surface area contributed by atoms with Crippen LogP contribution in [0.15, 0.2) is 18.2 Å². The predicted molar refractivity (Wildman–Crippen MR) is 61.3 cm³/mol. The van der Waals surface area contributed by atoms with Crippen LogP contribution in [0.4, 0.5) is 8.78 Å². The monoisotopic (exact) mass is 256 g/mol. The van der Waals surface area contributed by atoms with Crippen LogP contribution >= 0.6 is 0 Å². The lowest BCUT2D eigenvalue weighted by Crippen LogP contribution is -2.48. The van der Waals surface area contributed by atoms with Gasteiger partial charge in [0.25, 0.3) is 5.91 Å². The lowest BCUT2D eigenvalue weighted by molar-refractivity contribution is -0.134. The van der Waals surface area contributed by atoms with Gasteiger partial charge in [-0.15, -0.1) is 0 Å². The molecule has 1 amide bonds. The lowest BCUT2D eigenvalue weighted by atomic mass is 10.3. The molecule has 1 aromatic rings. The van der Waals surface area contributed by atoms with E-state index >= 15 is 0 Å². The summed E-state index contributed by atoms with van der Waals surface area (Å²) in [6.45, 7) is 2.27. The van der Waals surface area contributed by atoms with Crippen molar-refractivity contribution in [2.45, 2.75) is 0 Å². The van der Waals surface area contributed by atoms with Crippen molar-refractivity contribution in [2.75, 3.05) is 32.8 Å². The summed E-state index contributed by atoms with van der Waals surface area (Å²) in [5.74, 6) is -2.37. The Labute approximate surface area is 104 Å². The van der Waals surface area contributed by atoms with Crippen molar-refractivity contribution < 1.29 is 18.3 Å². The Kier molecular flexibility index (Phi) is 4.09. The second-order valence-corrected chi connectivity index (χ2v) is 3.97. The van der Waals surface area contributed by atoms with E-state index in [1.807, 2.05) is 0 Å². The first kappa shape index (κ1) is 12.8. The fourth-order valence-corrected chi connectivity index (χ4v) is 1.76. The first-order valence-corrected chi connectivity index (χ1v) is 5.74. The maximum Gasteiger partial charge on any atom is 0.260 e. The Morgan fingerprint density at radius 3 is 2.50 bits per heavy atom. The van der Waals surface area contributed by atoms with Gasteiger partial charge in [-0.05, 0) is 12.1 Å². The van der Waals surface area contributed by atoms with E-state index in [0.717, 1.165) is 25.2 Å². The van der Waals surface area contributed by atoms with Crippen molar-refractivity contribution in [3.05, 3.63) is 29.8 Å². The number of halogens is 2. The number of hydrogen-bond acceptors (Lipinski definition) is 3. The molecule has 0 aromatic heterocycles. The average molecular weight is 256 g/mol. The van der Waals surface area contributed by atoms with Gasteiger partial charge in [-0.3, -0.25) is 4.79 Å². The Morgan fingerprint density at radius 2 is 1.89 bits per heavy atom. The molecule has 0 saturated carbocycles. The van der Waals surface area contributed by atoms with Crippen LogP contribution in [0.2, 0.25) is 0 Å². The second kappa shape index (κ2) is 5.77. The van der Waals surface area contributed by atoms with E-state index in [0.29, 0.717) is 13.1 Å². The molecule has 1 saturated heterocycles. The molecular weight excluding hydrogens is 242 g/mol. The predicted octanol–water partition coefficient (Wildman–Crippen LogP) is 0.775. The summed E-state index contributed by atoms with van der Waals surface area (Å²) in [6, 6.07) is 3.43. The van der Waals surface area contributed by atoms with Gasteiger partial charge < -0.3 is 15.0 Å². The third kappa shape index (κ3) is 2.95. The Balaban J connectivity index is 1.92. The first-order valence-electron chi connectivity index (χ1n) is 5.74. The minimum absolute atomic E-state index is 0.265. The smallest absolute Gasteiger partial charge is 0.260 e. The van der Waals surface area contributed by atoms with Gasteiger partial charge >= 0.3 is 0 Å². The quantitative estimate of drug-likeness (QED) is 0.868. The van der Waals surface area contributed by atoms with Gasteiger partial charge in [-0.25, -0.2) is 8.78 Å². The number of rotatable bonds is 3. The van der Waals surface area contributed by atoms with Crippen LogP contribution < -0.4 is 10.1 Å². The van der Waals surface area contributed by atoms with Crippen molar-refractivity contribution in [1.29, 1.82) is 0 Å². The first-order chi connectivity index (χ1) is 8.68. The van der Waals surface area contributed by atoms with Crippen LogP contribution in [-0.2, 0) is 4.79 Å². The van der Waals surface area contributed by atoms with Crippen LogP contribution in [0.5, 0.6) is 5.75 Å². The molecule has 0 aliphatic carbocycles. The molecule has 1 aromatic carbocycles. The Hall–Kier alpha value is -1.69. The highest BCUT2D eigenvalue weighted by Gasteiger charge is 2.18. The van der Waals surface area contributed by atoms with Crippen molar-refractivity contribution in [3.8, 4) is 5.75 Å². The molecule has 2 rings (SSSR count). The van der Waals surface area contributed by atoms with E-state index in [-0.39, 0.29) is 12.5 Å². The van der Waals surface area contributed by atoms with E-state index in [9.17, 15) is 13.6 Å². The summed E-state index contributed by atoms with van der Waals surface area (Å²) in [6.07, 6.45) is 0. The maximum atomic E-state index is 13.2. The van der Waals surface area contributed by atoms with Crippen molar-refractivity contribution in [1.82, 2.24) is 10.2 Å². The van der Waals surface area contributed by atoms with Crippen molar-refractivity contribution >= 4 is 5.91 Å². The standard InChI is InChI=1S/C12H14F2N2O2/c13-9-2-1-3-10(14)12(9)18-8-11(17)16-6-4-15-5-7-16/h1-3,15H,4-8H2. The van der Waals surface area contributed by atoms with E-state index < -0.39 is 17.4 Å². The highest BCUT2D eigenvalue weighted by molar-refractivity contribution is 5.77. The second-order valence-electron chi connectivity index (χ2n) is 3.97. The van der Waals surface area contributed by atoms with E-state index in [1.54, 1.807) is 4.90 Å². The molecule has 0 unspecified atom stereocenters. The molecule has 1 N–H and O–H groups in total. The molecule has 0 radical (unpaired) electrons. The van der Waals surface area contributed by atoms with Gasteiger partial charge in [0.05, 0.1) is 0 Å². The number of nitrogens with zero attached hydrogens (tertiary/aromatic N) is 1. The topological polar surface area (TPSA) is 41.6 Å². The van der Waals surface area contributed by atoms with E-state index in [1.165, 1.54) is 6.07 Å². The molecule has 1 aliphatic rings. The number of para-hydroxylation sites is 1. The summed E-state index contributed by atoms with van der Waals surface area (Å²) in [5.41, 5.74) is 0. The molecule has 0 atom stereocenters. The highest BCUT2D eigenvalue weighted by Crippen LogP contribution is 2.20. The summed E-state index contributed by atoms with van der Waals surface area (Å²) in [4.78, 5) is 13.3. The molecule has 98 valence electrons. The zero-order valence-electron chi connectivity index (χ0n) is 9.79. The third-order valence-electron chi connectivity index (χ3n) is 2.73. The number of hydrogen-bond donors (Lipinski definition) is 1. The number of carbonyl (C=O) groups is 1. The van der Waals surface area contributed by atoms with Gasteiger partial charge in [-0.2, -0.15) is 0 Å². The number of piperazine rings is 1. The largest absolute Gasteiger partial charge is 0.478 e. The van der Waals surface area contributed by atoms with Crippen LogP contribution in [0.1, 0.15) is 0 Å². The van der Waals surface area contributed by atoms with Crippen LogP contribution in [0.25, 0.3) is 0 Å². The minimum Gasteiger partial charge on any atom is -0.478 e. The third-order valence-corrected chi connectivity index (χ3v) is 2.73. The normalized spacial score (nSPS) is 15.6. The van der Waals surface area contributed by atoms with Crippen molar-refractivity contribution in [3.63, 3.8) is 0 Å². The van der Waals surface area contributed by atoms with Gasteiger partial charge in [-0.1, -0.05) is 6.07 Å². The highest BCUT2D eigenvalue weighted by atomic mass is 19.1. The molecule has 6 heteroatoms. The summed E-state index contributed by atoms with van der Waals surface area (Å²) in [7, 11) is 0. The molecule has 0 spiro atoms. The van der Waals surface area contributed by atoms with Crippen LogP contribution in [0, 0.1) is 11.6 Å². The minimum atomic E-state index is -0.803. The molecule has 4 nitrogen and oxygen atoms in total. The fourth-order valence-electron chi connectivity index (χ4n) is 1.76. The molecule has 1 heterocycles. The number of benzene rings is 1. The van der Waals surface area contributed by atoms with Gasteiger partial charge in [0.1, 0.15) is 0 Å². The lowest BCUT2D eigenvalue weighted by Gasteiger charge is -2.27. The maximum absolute atomic E-state index is 13.2. The number of nitrogens with one attached hydrogen (secondary N) is 1. The zero-order valence-corrected chi connectivity index (χ0v) is 9.79. The molecular formula is C12H14F2N2O2. The SMILES string of the molecule is O=C(COc1c(F)cccc1F)N1CCNCC1. The van der Waals surface area contributed by atoms with Gasteiger partial charge in [0, 0.05) is 26.2 Å². The Morgan fingerprint density at radius 1 is 1.28 bits per heavy atom. The molecule has 18 heavy (non-hydrogen) atoms. The zero-order chi connectivity index (χ0) is 13.0. The molecule has 0 bridgehead atoms. The van der Waals surface area contributed by atoms with E-state index in [2.05, 4.69) is 5.32 Å². The summed E-state index contributed by atoms with van der Waals surface area (Å²) >= 11 is 0. The molecule has 1 aliphatic heterocycles. The average Bonchev–Trinajstić information content (AvgIpc) is 2.39. The van der Waals surface area contributed by atoms with Crippen LogP contribution in [0.3, 0.4) is 0 Å². The van der Waals surface area contributed by atoms with E-state index in [4.69, 9.17) is 4.74 Å². The number of amides is 1. The summed E-state index contributed by atoms with van der Waals surface area (Å²) < 4.78 is 31.4. The fraction of sp³-hybridized carbons (Fsp3) is 0.417. The van der Waals surface area contributed by atoms with Gasteiger partial charge in [0.2, 0.25) is 0 Å². The number of ether oxygens (including phenoxy) is 1. The van der Waals surface area contributed by atoms with Crippen LogP contribution in [-0.4, -0.2) is 43.6 Å². The van der Waals surface area contributed by atoms with Gasteiger partial charge in [0.15, 0.2) is 24.0 Å². The van der Waals surface area contributed by atoms with Crippen molar-refractivity contribution in [2.24, 2.45) is 0 Å². The molecule has 1 fully saturated rings.